The molecule has 9 heteroatoms. The fraction of sp³-hybridized carbons (Fsp3) is 0.0556. The summed E-state index contributed by atoms with van der Waals surface area (Å²) in [7, 11) is 0. The fourth-order valence-electron chi connectivity index (χ4n) is 2.36. The van der Waals surface area contributed by atoms with E-state index in [0.29, 0.717) is 16.8 Å². The highest BCUT2D eigenvalue weighted by atomic mass is 19.4. The molecule has 0 amide bonds. The van der Waals surface area contributed by atoms with Gasteiger partial charge in [-0.25, -0.2) is 19.2 Å². The Kier molecular flexibility index (Phi) is 4.76. The Bertz CT molecular complexity index is 1010. The third kappa shape index (κ3) is 4.38. The van der Waals surface area contributed by atoms with Crippen molar-refractivity contribution >= 4 is 17.6 Å². The molecule has 3 aromatic rings. The zero-order chi connectivity index (χ0) is 19.6. The number of aromatic nitrogens is 2. The molecule has 0 unspecified atom stereocenters. The van der Waals surface area contributed by atoms with Gasteiger partial charge in [-0.1, -0.05) is 12.1 Å². The molecule has 0 radical (unpaired) electrons. The first-order valence-electron chi connectivity index (χ1n) is 7.54. The van der Waals surface area contributed by atoms with Gasteiger partial charge < -0.3 is 10.4 Å². The van der Waals surface area contributed by atoms with Gasteiger partial charge in [-0.15, -0.1) is 0 Å². The van der Waals surface area contributed by atoms with E-state index in [1.807, 2.05) is 0 Å². The van der Waals surface area contributed by atoms with Gasteiger partial charge in [0.1, 0.15) is 11.5 Å². The maximum absolute atomic E-state index is 13.7. The van der Waals surface area contributed by atoms with E-state index in [0.717, 1.165) is 24.4 Å². The summed E-state index contributed by atoms with van der Waals surface area (Å²) in [4.78, 5) is 18.2. The molecular formula is C18H11F4N3O2. The zero-order valence-corrected chi connectivity index (χ0v) is 13.5. The van der Waals surface area contributed by atoms with Crippen LogP contribution in [0.3, 0.4) is 0 Å². The molecule has 5 nitrogen and oxygen atoms in total. The van der Waals surface area contributed by atoms with Gasteiger partial charge in [0.15, 0.2) is 0 Å². The number of carboxylic acid groups (broad SMARTS) is 1. The number of aromatic carboxylic acids is 1. The van der Waals surface area contributed by atoms with Crippen molar-refractivity contribution in [3.63, 3.8) is 0 Å². The Morgan fingerprint density at radius 3 is 2.52 bits per heavy atom. The summed E-state index contributed by atoms with van der Waals surface area (Å²) in [6.45, 7) is 0. The smallest absolute Gasteiger partial charge is 0.433 e. The minimum atomic E-state index is -4.60. The lowest BCUT2D eigenvalue weighted by molar-refractivity contribution is -0.141. The lowest BCUT2D eigenvalue weighted by Crippen LogP contribution is -2.10. The van der Waals surface area contributed by atoms with Crippen molar-refractivity contribution in [1.29, 1.82) is 0 Å². The average molecular weight is 377 g/mol. The standard InChI is InChI=1S/C18H11F4N3O2/c19-13-7-11(6-12(8-13)16(26)27)10-2-1-3-14(9-10)24-17-23-5-4-15(25-17)18(20,21)22/h1-9H,(H,26,27)(H,23,24,25). The molecule has 0 bridgehead atoms. The summed E-state index contributed by atoms with van der Waals surface area (Å²) >= 11 is 0. The molecule has 0 saturated heterocycles. The Balaban J connectivity index is 1.92. The highest BCUT2D eigenvalue weighted by Gasteiger charge is 2.32. The van der Waals surface area contributed by atoms with Crippen LogP contribution in [0.2, 0.25) is 0 Å². The van der Waals surface area contributed by atoms with Crippen LogP contribution in [-0.2, 0) is 6.18 Å². The normalized spacial score (nSPS) is 11.3. The van der Waals surface area contributed by atoms with Crippen LogP contribution in [0.5, 0.6) is 0 Å². The number of hydrogen-bond donors (Lipinski definition) is 2. The predicted octanol–water partition coefficient (Wildman–Crippen LogP) is 4.74. The fourth-order valence-corrected chi connectivity index (χ4v) is 2.36. The maximum Gasteiger partial charge on any atom is 0.433 e. The molecule has 0 aliphatic heterocycles. The van der Waals surface area contributed by atoms with Crippen LogP contribution in [-0.4, -0.2) is 21.0 Å². The van der Waals surface area contributed by atoms with Crippen molar-refractivity contribution < 1.29 is 27.5 Å². The van der Waals surface area contributed by atoms with E-state index in [4.69, 9.17) is 5.11 Å². The summed E-state index contributed by atoms with van der Waals surface area (Å²) in [5.41, 5.74) is -0.181. The average Bonchev–Trinajstić information content (AvgIpc) is 2.61. The van der Waals surface area contributed by atoms with Crippen LogP contribution in [0.1, 0.15) is 16.1 Å². The number of rotatable bonds is 4. The highest BCUT2D eigenvalue weighted by Crippen LogP contribution is 2.29. The van der Waals surface area contributed by atoms with Gasteiger partial charge >= 0.3 is 12.1 Å². The van der Waals surface area contributed by atoms with Crippen LogP contribution >= 0.6 is 0 Å². The number of hydrogen-bond acceptors (Lipinski definition) is 4. The topological polar surface area (TPSA) is 75.1 Å². The maximum atomic E-state index is 13.7. The Labute approximate surface area is 150 Å². The van der Waals surface area contributed by atoms with Crippen molar-refractivity contribution in [2.45, 2.75) is 6.18 Å². The van der Waals surface area contributed by atoms with Crippen molar-refractivity contribution in [3.05, 3.63) is 71.8 Å². The molecule has 0 aliphatic rings. The number of alkyl halides is 3. The number of anilines is 2. The van der Waals surface area contributed by atoms with Gasteiger partial charge in [0, 0.05) is 11.9 Å². The minimum Gasteiger partial charge on any atom is -0.478 e. The second kappa shape index (κ2) is 7.02. The van der Waals surface area contributed by atoms with Gasteiger partial charge in [0.25, 0.3) is 0 Å². The molecule has 0 aliphatic carbocycles. The van der Waals surface area contributed by atoms with Gasteiger partial charge in [0.2, 0.25) is 5.95 Å². The van der Waals surface area contributed by atoms with E-state index >= 15 is 0 Å². The molecule has 138 valence electrons. The highest BCUT2D eigenvalue weighted by molar-refractivity contribution is 5.89. The van der Waals surface area contributed by atoms with E-state index in [1.54, 1.807) is 18.2 Å². The summed E-state index contributed by atoms with van der Waals surface area (Å²) < 4.78 is 51.9. The Morgan fingerprint density at radius 1 is 1.04 bits per heavy atom. The first-order chi connectivity index (χ1) is 12.7. The third-order valence-electron chi connectivity index (χ3n) is 3.54. The van der Waals surface area contributed by atoms with Crippen LogP contribution in [0, 0.1) is 5.82 Å². The molecule has 0 fully saturated rings. The van der Waals surface area contributed by atoms with Crippen LogP contribution in [0.4, 0.5) is 29.2 Å². The van der Waals surface area contributed by atoms with Gasteiger partial charge in [-0.2, -0.15) is 13.2 Å². The van der Waals surface area contributed by atoms with Crippen molar-refractivity contribution in [1.82, 2.24) is 9.97 Å². The van der Waals surface area contributed by atoms with Crippen LogP contribution in [0.15, 0.2) is 54.7 Å². The SMILES string of the molecule is O=C(O)c1cc(F)cc(-c2cccc(Nc3nccc(C(F)(F)F)n3)c2)c1. The second-order valence-corrected chi connectivity index (χ2v) is 5.50. The second-order valence-electron chi connectivity index (χ2n) is 5.50. The monoisotopic (exact) mass is 377 g/mol. The molecule has 2 N–H and O–H groups in total. The quantitative estimate of drug-likeness (QED) is 0.642. The van der Waals surface area contributed by atoms with Crippen molar-refractivity contribution in [2.24, 2.45) is 0 Å². The molecule has 1 aromatic heterocycles. The molecule has 0 atom stereocenters. The summed E-state index contributed by atoms with van der Waals surface area (Å²) in [5.74, 6) is -2.25. The van der Waals surface area contributed by atoms with E-state index in [1.165, 1.54) is 12.1 Å². The third-order valence-corrected chi connectivity index (χ3v) is 3.54. The molecule has 2 aromatic carbocycles. The van der Waals surface area contributed by atoms with Gasteiger partial charge in [-0.3, -0.25) is 0 Å². The number of carboxylic acids is 1. The van der Waals surface area contributed by atoms with Gasteiger partial charge in [0.05, 0.1) is 5.56 Å². The first-order valence-corrected chi connectivity index (χ1v) is 7.54. The van der Waals surface area contributed by atoms with E-state index in [2.05, 4.69) is 15.3 Å². The minimum absolute atomic E-state index is 0.218. The largest absolute Gasteiger partial charge is 0.478 e. The van der Waals surface area contributed by atoms with E-state index < -0.39 is 23.7 Å². The Morgan fingerprint density at radius 2 is 1.81 bits per heavy atom. The lowest BCUT2D eigenvalue weighted by atomic mass is 10.0. The zero-order valence-electron chi connectivity index (χ0n) is 13.5. The summed E-state index contributed by atoms with van der Waals surface area (Å²) in [5, 5.41) is 11.7. The van der Waals surface area contributed by atoms with Crippen molar-refractivity contribution in [2.75, 3.05) is 5.32 Å². The molecule has 1 heterocycles. The van der Waals surface area contributed by atoms with Crippen LogP contribution < -0.4 is 5.32 Å². The van der Waals surface area contributed by atoms with E-state index in [-0.39, 0.29) is 11.5 Å². The molecular weight excluding hydrogens is 366 g/mol. The summed E-state index contributed by atoms with van der Waals surface area (Å²) in [6.07, 6.45) is -3.62. The Hall–Kier alpha value is -3.49. The van der Waals surface area contributed by atoms with Crippen molar-refractivity contribution in [3.8, 4) is 11.1 Å². The molecule has 0 saturated carbocycles. The predicted molar refractivity (Wildman–Crippen MR) is 89.1 cm³/mol. The number of benzene rings is 2. The van der Waals surface area contributed by atoms with E-state index in [9.17, 15) is 22.4 Å². The number of nitrogens with one attached hydrogen (secondary N) is 1. The number of nitrogens with zero attached hydrogens (tertiary/aromatic N) is 2. The summed E-state index contributed by atoms with van der Waals surface area (Å²) in [6, 6.07) is 10.4. The first kappa shape index (κ1) is 18.3. The number of carbonyl (C=O) groups is 1. The van der Waals surface area contributed by atoms with Gasteiger partial charge in [-0.05, 0) is 47.5 Å². The van der Waals surface area contributed by atoms with Crippen LogP contribution in [0.25, 0.3) is 11.1 Å². The molecule has 0 spiro atoms. The molecule has 27 heavy (non-hydrogen) atoms. The molecule has 3 rings (SSSR count). The number of halogens is 4. The lowest BCUT2D eigenvalue weighted by Gasteiger charge is -2.10.